The number of likely N-dealkylation sites (N-methyl/N-ethyl adjacent to an activating group) is 1. The zero-order chi connectivity index (χ0) is 20.0. The first-order valence-corrected chi connectivity index (χ1v) is 11.6. The molecule has 0 aromatic heterocycles. The van der Waals surface area contributed by atoms with Gasteiger partial charge in [-0.1, -0.05) is 94.0 Å². The SMILES string of the molecule is CCCCCCCCCCCCC[N+](C)(CCO)Cc1ccc(Cl)c(Cl)c1.[Cl-]. The lowest BCUT2D eigenvalue weighted by Gasteiger charge is -2.34. The monoisotopic (exact) mass is 451 g/mol. The second kappa shape index (κ2) is 16.8. The van der Waals surface area contributed by atoms with Crippen molar-refractivity contribution in [3.63, 3.8) is 0 Å². The Bertz CT molecular complexity index is 513. The van der Waals surface area contributed by atoms with E-state index in [1.165, 1.54) is 76.2 Å². The van der Waals surface area contributed by atoms with Crippen LogP contribution >= 0.6 is 23.2 Å². The van der Waals surface area contributed by atoms with Crippen LogP contribution in [-0.2, 0) is 6.54 Å². The summed E-state index contributed by atoms with van der Waals surface area (Å²) in [5.74, 6) is 0. The number of hydrogen-bond acceptors (Lipinski definition) is 1. The molecule has 0 saturated carbocycles. The molecule has 0 heterocycles. The molecule has 164 valence electrons. The Kier molecular flexibility index (Phi) is 16.8. The minimum Gasteiger partial charge on any atom is -1.00 e. The first kappa shape index (κ1) is 28.0. The highest BCUT2D eigenvalue weighted by Crippen LogP contribution is 2.24. The third-order valence-electron chi connectivity index (χ3n) is 5.49. The molecule has 1 aromatic carbocycles. The smallest absolute Gasteiger partial charge is 0.104 e. The minimum absolute atomic E-state index is 0. The van der Waals surface area contributed by atoms with Crippen LogP contribution in [0.25, 0.3) is 0 Å². The largest absolute Gasteiger partial charge is 1.00 e. The van der Waals surface area contributed by atoms with Gasteiger partial charge in [-0.15, -0.1) is 0 Å². The van der Waals surface area contributed by atoms with Crippen LogP contribution in [0, 0.1) is 0 Å². The number of quaternary nitrogens is 1. The molecule has 0 aliphatic carbocycles. The Labute approximate surface area is 189 Å². The molecule has 0 amide bonds. The molecule has 2 nitrogen and oxygen atoms in total. The molecule has 28 heavy (non-hydrogen) atoms. The number of hydrogen-bond donors (Lipinski definition) is 1. The number of halogens is 3. The highest BCUT2D eigenvalue weighted by Gasteiger charge is 2.21. The Hall–Kier alpha value is 0.01000. The molecule has 1 unspecified atom stereocenters. The van der Waals surface area contributed by atoms with Crippen LogP contribution in [-0.4, -0.2) is 36.3 Å². The average Bonchev–Trinajstić information content (AvgIpc) is 2.63. The van der Waals surface area contributed by atoms with E-state index in [9.17, 15) is 5.11 Å². The van der Waals surface area contributed by atoms with E-state index < -0.39 is 0 Å². The number of benzene rings is 1. The van der Waals surface area contributed by atoms with Crippen molar-refractivity contribution < 1.29 is 22.0 Å². The lowest BCUT2D eigenvalue weighted by Crippen LogP contribution is -3.00. The predicted octanol–water partition coefficient (Wildman–Crippen LogP) is 4.25. The van der Waals surface area contributed by atoms with Crippen molar-refractivity contribution in [1.82, 2.24) is 0 Å². The van der Waals surface area contributed by atoms with E-state index in [0.29, 0.717) is 10.0 Å². The van der Waals surface area contributed by atoms with E-state index in [4.69, 9.17) is 23.2 Å². The molecule has 0 fully saturated rings. The number of unbranched alkanes of at least 4 members (excludes halogenated alkanes) is 10. The average molecular weight is 453 g/mol. The number of aliphatic hydroxyl groups is 1. The van der Waals surface area contributed by atoms with Gasteiger partial charge in [0.1, 0.15) is 13.1 Å². The van der Waals surface area contributed by atoms with E-state index >= 15 is 0 Å². The summed E-state index contributed by atoms with van der Waals surface area (Å²) in [6, 6.07) is 5.87. The van der Waals surface area contributed by atoms with E-state index in [0.717, 1.165) is 24.1 Å². The zero-order valence-corrected chi connectivity index (χ0v) is 20.1. The van der Waals surface area contributed by atoms with Crippen LogP contribution in [0.5, 0.6) is 0 Å². The molecule has 1 aromatic rings. The molecule has 0 bridgehead atoms. The maximum atomic E-state index is 9.49. The van der Waals surface area contributed by atoms with Crippen molar-refractivity contribution in [2.45, 2.75) is 84.1 Å². The van der Waals surface area contributed by atoms with Gasteiger partial charge in [0.15, 0.2) is 0 Å². The topological polar surface area (TPSA) is 20.2 Å². The van der Waals surface area contributed by atoms with Crippen molar-refractivity contribution >= 4 is 23.2 Å². The fraction of sp³-hybridized carbons (Fsp3) is 0.739. The fourth-order valence-corrected chi connectivity index (χ4v) is 4.07. The van der Waals surface area contributed by atoms with Crippen LogP contribution in [0.15, 0.2) is 18.2 Å². The molecule has 5 heteroatoms. The van der Waals surface area contributed by atoms with Crippen molar-refractivity contribution in [3.8, 4) is 0 Å². The van der Waals surface area contributed by atoms with Gasteiger partial charge in [-0.3, -0.25) is 0 Å². The van der Waals surface area contributed by atoms with Crippen LogP contribution in [0.4, 0.5) is 0 Å². The van der Waals surface area contributed by atoms with Gasteiger partial charge in [-0.25, -0.2) is 0 Å². The normalized spacial score (nSPS) is 13.2. The quantitative estimate of drug-likeness (QED) is 0.294. The van der Waals surface area contributed by atoms with E-state index in [2.05, 4.69) is 14.0 Å². The molecule has 0 aliphatic rings. The van der Waals surface area contributed by atoms with Gasteiger partial charge >= 0.3 is 0 Å². The third-order valence-corrected chi connectivity index (χ3v) is 6.23. The Morgan fingerprint density at radius 1 is 0.786 bits per heavy atom. The number of rotatable bonds is 16. The Balaban J connectivity index is 0.00000729. The van der Waals surface area contributed by atoms with Crippen LogP contribution in [0.3, 0.4) is 0 Å². The number of aliphatic hydroxyl groups excluding tert-OH is 1. The second-order valence-corrected chi connectivity index (χ2v) is 9.05. The van der Waals surface area contributed by atoms with Gasteiger partial charge in [-0.05, 0) is 25.0 Å². The summed E-state index contributed by atoms with van der Waals surface area (Å²) in [4.78, 5) is 0. The molecule has 0 radical (unpaired) electrons. The zero-order valence-electron chi connectivity index (χ0n) is 17.9. The van der Waals surface area contributed by atoms with Gasteiger partial charge in [0.2, 0.25) is 0 Å². The summed E-state index contributed by atoms with van der Waals surface area (Å²) in [7, 11) is 2.23. The van der Waals surface area contributed by atoms with Gasteiger partial charge in [0.25, 0.3) is 0 Å². The number of nitrogens with zero attached hydrogens (tertiary/aromatic N) is 1. The van der Waals surface area contributed by atoms with Crippen LogP contribution in [0.1, 0.15) is 83.1 Å². The van der Waals surface area contributed by atoms with Gasteiger partial charge in [0, 0.05) is 5.56 Å². The van der Waals surface area contributed by atoms with Crippen molar-refractivity contribution in [2.75, 3.05) is 26.7 Å². The molecule has 0 saturated heterocycles. The van der Waals surface area contributed by atoms with Crippen LogP contribution in [0.2, 0.25) is 10.0 Å². The van der Waals surface area contributed by atoms with Crippen molar-refractivity contribution in [2.24, 2.45) is 0 Å². The molecule has 1 atom stereocenters. The predicted molar refractivity (Wildman–Crippen MR) is 120 cm³/mol. The minimum atomic E-state index is 0. The van der Waals surface area contributed by atoms with Gasteiger partial charge < -0.3 is 22.0 Å². The second-order valence-electron chi connectivity index (χ2n) is 8.23. The van der Waals surface area contributed by atoms with E-state index in [1.54, 1.807) is 0 Å². The summed E-state index contributed by atoms with van der Waals surface area (Å²) >= 11 is 12.2. The Morgan fingerprint density at radius 2 is 1.32 bits per heavy atom. The standard InChI is InChI=1S/C23H40Cl2NO.ClH/c1-3-4-5-6-7-8-9-10-11-12-13-16-26(2,17-18-27)20-21-14-15-22(24)23(25)19-21;/h14-15,19,27H,3-13,16-18,20H2,1-2H3;1H/q+1;/p-1. The summed E-state index contributed by atoms with van der Waals surface area (Å²) in [6.45, 7) is 5.25. The summed E-state index contributed by atoms with van der Waals surface area (Å²) in [5.41, 5.74) is 1.18. The van der Waals surface area contributed by atoms with Crippen LogP contribution < -0.4 is 12.4 Å². The van der Waals surface area contributed by atoms with Gasteiger partial charge in [-0.2, -0.15) is 0 Å². The van der Waals surface area contributed by atoms with Crippen molar-refractivity contribution in [1.29, 1.82) is 0 Å². The summed E-state index contributed by atoms with van der Waals surface area (Å²) in [5, 5.41) is 10.7. The fourth-order valence-electron chi connectivity index (χ4n) is 3.75. The molecule has 0 spiro atoms. The highest BCUT2D eigenvalue weighted by atomic mass is 35.5. The Morgan fingerprint density at radius 3 is 1.82 bits per heavy atom. The maximum Gasteiger partial charge on any atom is 0.104 e. The summed E-state index contributed by atoms with van der Waals surface area (Å²) in [6.07, 6.45) is 15.0. The molecule has 1 N–H and O–H groups in total. The molecular formula is C23H40Cl3NO. The van der Waals surface area contributed by atoms with Crippen molar-refractivity contribution in [3.05, 3.63) is 33.8 Å². The lowest BCUT2D eigenvalue weighted by molar-refractivity contribution is -0.923. The lowest BCUT2D eigenvalue weighted by atomic mass is 10.1. The first-order chi connectivity index (χ1) is 13.0. The highest BCUT2D eigenvalue weighted by molar-refractivity contribution is 6.42. The van der Waals surface area contributed by atoms with E-state index in [1.807, 2.05) is 18.2 Å². The molecule has 1 rings (SSSR count). The molecular weight excluding hydrogens is 413 g/mol. The molecule has 0 aliphatic heterocycles. The first-order valence-electron chi connectivity index (χ1n) is 10.9. The van der Waals surface area contributed by atoms with Gasteiger partial charge in [0.05, 0.1) is 30.2 Å². The van der Waals surface area contributed by atoms with E-state index in [-0.39, 0.29) is 19.0 Å². The maximum absolute atomic E-state index is 9.49. The summed E-state index contributed by atoms with van der Waals surface area (Å²) < 4.78 is 0.853. The third kappa shape index (κ3) is 12.5.